The number of benzene rings is 1. The van der Waals surface area contributed by atoms with Crippen molar-refractivity contribution in [3.63, 3.8) is 0 Å². The lowest BCUT2D eigenvalue weighted by Crippen LogP contribution is -2.53. The summed E-state index contributed by atoms with van der Waals surface area (Å²) in [4.78, 5) is 31.5. The minimum Gasteiger partial charge on any atom is -0.342 e. The summed E-state index contributed by atoms with van der Waals surface area (Å²) in [6, 6.07) is 10.3. The Bertz CT molecular complexity index is 624. The quantitative estimate of drug-likeness (QED) is 0.733. The van der Waals surface area contributed by atoms with E-state index >= 15 is 0 Å². The van der Waals surface area contributed by atoms with Gasteiger partial charge in [-0.05, 0) is 25.3 Å². The van der Waals surface area contributed by atoms with E-state index in [1.54, 1.807) is 11.8 Å². The van der Waals surface area contributed by atoms with Crippen LogP contribution < -0.4 is 0 Å². The molecule has 28 heavy (non-hydrogen) atoms. The second-order valence-electron chi connectivity index (χ2n) is 7.84. The highest BCUT2D eigenvalue weighted by atomic mass is 32.2. The molecule has 6 heteroatoms. The topological polar surface area (TPSA) is 43.9 Å². The van der Waals surface area contributed by atoms with E-state index in [2.05, 4.69) is 17.0 Å². The van der Waals surface area contributed by atoms with E-state index in [0.717, 1.165) is 57.9 Å². The first-order valence-electron chi connectivity index (χ1n) is 10.6. The van der Waals surface area contributed by atoms with E-state index < -0.39 is 0 Å². The minimum atomic E-state index is -0.0366. The molecule has 0 saturated carbocycles. The maximum atomic E-state index is 12.7. The molecule has 0 aliphatic carbocycles. The summed E-state index contributed by atoms with van der Waals surface area (Å²) in [5.41, 5.74) is 1.25. The molecule has 0 bridgehead atoms. The van der Waals surface area contributed by atoms with Crippen molar-refractivity contribution in [1.29, 1.82) is 0 Å². The van der Waals surface area contributed by atoms with Crippen LogP contribution >= 0.6 is 11.8 Å². The summed E-state index contributed by atoms with van der Waals surface area (Å²) in [6.45, 7) is 7.36. The lowest BCUT2D eigenvalue weighted by Gasteiger charge is -2.36. The zero-order valence-electron chi connectivity index (χ0n) is 17.0. The van der Waals surface area contributed by atoms with Gasteiger partial charge in [0.05, 0.1) is 11.8 Å². The van der Waals surface area contributed by atoms with Gasteiger partial charge in [0, 0.05) is 45.0 Å². The molecule has 2 aliphatic rings. The monoisotopic (exact) mass is 403 g/mol. The average molecular weight is 404 g/mol. The molecular formula is C22H33N3O2S. The number of thioether (sulfide) groups is 1. The first kappa shape index (κ1) is 21.2. The fourth-order valence-electron chi connectivity index (χ4n) is 3.86. The predicted molar refractivity (Wildman–Crippen MR) is 115 cm³/mol. The first-order chi connectivity index (χ1) is 13.6. The van der Waals surface area contributed by atoms with Crippen molar-refractivity contribution in [3.05, 3.63) is 35.9 Å². The average Bonchev–Trinajstić information content (AvgIpc) is 3.02. The van der Waals surface area contributed by atoms with Crippen LogP contribution in [0.5, 0.6) is 0 Å². The van der Waals surface area contributed by atoms with Crippen LogP contribution in [0, 0.1) is 0 Å². The fourth-order valence-corrected chi connectivity index (χ4v) is 4.79. The van der Waals surface area contributed by atoms with Crippen LogP contribution in [0.3, 0.4) is 0 Å². The highest BCUT2D eigenvalue weighted by Gasteiger charge is 2.27. The van der Waals surface area contributed by atoms with Crippen LogP contribution in [-0.4, -0.2) is 77.6 Å². The molecule has 2 heterocycles. The lowest BCUT2D eigenvalue weighted by molar-refractivity contribution is -0.134. The maximum absolute atomic E-state index is 12.7. The smallest absolute Gasteiger partial charge is 0.236 e. The standard InChI is InChI=1S/C22H33N3O2S/c1-19(28-18-20-9-5-4-6-10-20)22(27)25-15-13-23(14-16-25)17-21(26)24-11-7-2-3-8-12-24/h4-6,9-10,19H,2-3,7-8,11-18H2,1H3. The van der Waals surface area contributed by atoms with Crippen molar-refractivity contribution < 1.29 is 9.59 Å². The zero-order chi connectivity index (χ0) is 19.8. The first-order valence-corrected chi connectivity index (χ1v) is 11.6. The van der Waals surface area contributed by atoms with E-state index in [0.29, 0.717) is 6.54 Å². The summed E-state index contributed by atoms with van der Waals surface area (Å²) in [5.74, 6) is 1.34. The van der Waals surface area contributed by atoms with Crippen molar-refractivity contribution in [3.8, 4) is 0 Å². The third-order valence-electron chi connectivity index (χ3n) is 5.69. The Kier molecular flexibility index (Phi) is 8.22. The van der Waals surface area contributed by atoms with Crippen molar-refractivity contribution in [2.75, 3.05) is 45.8 Å². The molecule has 2 aliphatic heterocycles. The number of nitrogens with zero attached hydrogens (tertiary/aromatic N) is 3. The Morgan fingerprint density at radius 3 is 2.18 bits per heavy atom. The minimum absolute atomic E-state index is 0.0366. The predicted octanol–water partition coefficient (Wildman–Crippen LogP) is 2.86. The maximum Gasteiger partial charge on any atom is 0.236 e. The number of likely N-dealkylation sites (tertiary alicyclic amines) is 1. The van der Waals surface area contributed by atoms with Crippen LogP contribution in [0.2, 0.25) is 0 Å². The van der Waals surface area contributed by atoms with Gasteiger partial charge < -0.3 is 9.80 Å². The van der Waals surface area contributed by atoms with Crippen LogP contribution in [0.25, 0.3) is 0 Å². The molecule has 154 valence electrons. The number of hydrogen-bond acceptors (Lipinski definition) is 4. The summed E-state index contributed by atoms with van der Waals surface area (Å²) >= 11 is 1.70. The van der Waals surface area contributed by atoms with Gasteiger partial charge in [-0.3, -0.25) is 14.5 Å². The number of carbonyl (C=O) groups is 2. The van der Waals surface area contributed by atoms with Crippen molar-refractivity contribution in [2.45, 2.75) is 43.6 Å². The Hall–Kier alpha value is -1.53. The second kappa shape index (κ2) is 10.9. The van der Waals surface area contributed by atoms with E-state index in [1.165, 1.54) is 18.4 Å². The molecule has 2 amide bonds. The van der Waals surface area contributed by atoms with Gasteiger partial charge in [-0.1, -0.05) is 43.2 Å². The van der Waals surface area contributed by atoms with Gasteiger partial charge in [0.2, 0.25) is 11.8 Å². The van der Waals surface area contributed by atoms with Gasteiger partial charge in [0.15, 0.2) is 0 Å². The summed E-state index contributed by atoms with van der Waals surface area (Å²) in [5, 5.41) is -0.0366. The van der Waals surface area contributed by atoms with Gasteiger partial charge in [-0.25, -0.2) is 0 Å². The van der Waals surface area contributed by atoms with Crippen LogP contribution in [-0.2, 0) is 15.3 Å². The Morgan fingerprint density at radius 2 is 1.54 bits per heavy atom. The van der Waals surface area contributed by atoms with Crippen LogP contribution in [0.15, 0.2) is 30.3 Å². The molecule has 5 nitrogen and oxygen atoms in total. The van der Waals surface area contributed by atoms with Gasteiger partial charge in [-0.2, -0.15) is 0 Å². The van der Waals surface area contributed by atoms with Gasteiger partial charge in [0.25, 0.3) is 0 Å². The van der Waals surface area contributed by atoms with Gasteiger partial charge >= 0.3 is 0 Å². The number of carbonyl (C=O) groups excluding carboxylic acids is 2. The molecule has 1 aromatic rings. The molecule has 0 aromatic heterocycles. The van der Waals surface area contributed by atoms with Gasteiger partial charge in [-0.15, -0.1) is 11.8 Å². The van der Waals surface area contributed by atoms with E-state index in [4.69, 9.17) is 0 Å². The highest BCUT2D eigenvalue weighted by Crippen LogP contribution is 2.20. The molecular weight excluding hydrogens is 370 g/mol. The molecule has 2 fully saturated rings. The number of piperazine rings is 1. The van der Waals surface area contributed by atoms with Gasteiger partial charge in [0.1, 0.15) is 0 Å². The molecule has 1 aromatic carbocycles. The van der Waals surface area contributed by atoms with Crippen molar-refractivity contribution in [1.82, 2.24) is 14.7 Å². The molecule has 1 atom stereocenters. The number of rotatable bonds is 6. The number of amides is 2. The zero-order valence-corrected chi connectivity index (χ0v) is 17.8. The van der Waals surface area contributed by atoms with E-state index in [-0.39, 0.29) is 17.1 Å². The third-order valence-corrected chi connectivity index (χ3v) is 6.89. The summed E-state index contributed by atoms with van der Waals surface area (Å²) < 4.78 is 0. The molecule has 0 N–H and O–H groups in total. The summed E-state index contributed by atoms with van der Waals surface area (Å²) in [6.07, 6.45) is 4.75. The summed E-state index contributed by atoms with van der Waals surface area (Å²) in [7, 11) is 0. The Morgan fingerprint density at radius 1 is 0.893 bits per heavy atom. The van der Waals surface area contributed by atoms with E-state index in [9.17, 15) is 9.59 Å². The third kappa shape index (κ3) is 6.24. The van der Waals surface area contributed by atoms with Crippen LogP contribution in [0.4, 0.5) is 0 Å². The Balaban J connectivity index is 1.39. The van der Waals surface area contributed by atoms with Crippen molar-refractivity contribution >= 4 is 23.6 Å². The number of hydrogen-bond donors (Lipinski definition) is 0. The molecule has 0 spiro atoms. The molecule has 0 radical (unpaired) electrons. The highest BCUT2D eigenvalue weighted by molar-refractivity contribution is 7.99. The molecule has 1 unspecified atom stereocenters. The Labute approximate surface area is 173 Å². The van der Waals surface area contributed by atoms with E-state index in [1.807, 2.05) is 34.9 Å². The largest absolute Gasteiger partial charge is 0.342 e. The van der Waals surface area contributed by atoms with Crippen molar-refractivity contribution in [2.24, 2.45) is 0 Å². The SMILES string of the molecule is CC(SCc1ccccc1)C(=O)N1CCN(CC(=O)N2CCCCCC2)CC1. The van der Waals surface area contributed by atoms with Crippen LogP contribution in [0.1, 0.15) is 38.2 Å². The second-order valence-corrected chi connectivity index (χ2v) is 9.16. The normalized spacial score (nSPS) is 19.9. The molecule has 2 saturated heterocycles. The lowest BCUT2D eigenvalue weighted by atomic mass is 10.2. The molecule has 3 rings (SSSR count). The fraction of sp³-hybridized carbons (Fsp3) is 0.636.